The van der Waals surface area contributed by atoms with E-state index in [9.17, 15) is 0 Å². The van der Waals surface area contributed by atoms with E-state index < -0.39 is 0 Å². The molecule has 1 aliphatic heterocycles. The minimum absolute atomic E-state index is 0.611. The lowest BCUT2D eigenvalue weighted by molar-refractivity contribution is 0.201. The summed E-state index contributed by atoms with van der Waals surface area (Å²) >= 11 is 0. The molecule has 3 rings (SSSR count). The number of ether oxygens (including phenoxy) is 1. The largest absolute Gasteiger partial charge is 0.387 e. The Labute approximate surface area is 137 Å². The molecule has 0 saturated carbocycles. The summed E-state index contributed by atoms with van der Waals surface area (Å²) in [7, 11) is 5.92. The zero-order chi connectivity index (χ0) is 16.4. The fourth-order valence-electron chi connectivity index (χ4n) is 2.74. The molecule has 0 atom stereocenters. The van der Waals surface area contributed by atoms with Crippen LogP contribution < -0.4 is 15.1 Å². The number of hydrogen-bond donors (Lipinski definition) is 1. The molecule has 3 heterocycles. The summed E-state index contributed by atoms with van der Waals surface area (Å²) in [6.45, 7) is 4.28. The van der Waals surface area contributed by atoms with E-state index in [4.69, 9.17) is 4.74 Å². The summed E-state index contributed by atoms with van der Waals surface area (Å²) in [5, 5.41) is 3.14. The number of anilines is 3. The molecule has 0 aliphatic carbocycles. The van der Waals surface area contributed by atoms with Crippen LogP contribution in [0.1, 0.15) is 5.69 Å². The first kappa shape index (κ1) is 15.6. The second kappa shape index (κ2) is 6.42. The molecule has 0 amide bonds. The van der Waals surface area contributed by atoms with E-state index in [1.165, 1.54) is 0 Å². The van der Waals surface area contributed by atoms with Crippen LogP contribution >= 0.6 is 0 Å². The lowest BCUT2D eigenvalue weighted by atomic mass is 10.0. The zero-order valence-electron chi connectivity index (χ0n) is 14.1. The van der Waals surface area contributed by atoms with E-state index in [-0.39, 0.29) is 0 Å². The van der Waals surface area contributed by atoms with Crippen LogP contribution in [0.3, 0.4) is 0 Å². The molecule has 1 N–H and O–H groups in total. The third kappa shape index (κ3) is 3.07. The first-order valence-electron chi connectivity index (χ1n) is 7.75. The lowest BCUT2D eigenvalue weighted by Gasteiger charge is -2.24. The van der Waals surface area contributed by atoms with Crippen LogP contribution in [0.4, 0.5) is 17.2 Å². The van der Waals surface area contributed by atoms with Crippen molar-refractivity contribution in [3.8, 4) is 11.1 Å². The molecule has 1 aliphatic rings. The number of nitrogens with zero attached hydrogens (tertiary/aromatic N) is 4. The van der Waals surface area contributed by atoms with Crippen molar-refractivity contribution in [2.75, 3.05) is 56.1 Å². The van der Waals surface area contributed by atoms with Gasteiger partial charge in [-0.05, 0) is 19.1 Å². The summed E-state index contributed by atoms with van der Waals surface area (Å²) in [5.41, 5.74) is 5.25. The Bertz CT molecular complexity index is 695. The molecular formula is C17H23N5O. The Morgan fingerprint density at radius 3 is 2.70 bits per heavy atom. The molecule has 0 bridgehead atoms. The molecule has 2 aromatic rings. The van der Waals surface area contributed by atoms with Gasteiger partial charge in [-0.15, -0.1) is 0 Å². The smallest absolute Gasteiger partial charge is 0.151 e. The van der Waals surface area contributed by atoms with Gasteiger partial charge in [0.15, 0.2) is 5.82 Å². The molecule has 0 unspecified atom stereocenters. The highest BCUT2D eigenvalue weighted by Gasteiger charge is 2.19. The summed E-state index contributed by atoms with van der Waals surface area (Å²) in [6, 6.07) is 4.29. The van der Waals surface area contributed by atoms with Gasteiger partial charge in [-0.2, -0.15) is 0 Å². The second-order valence-electron chi connectivity index (χ2n) is 5.87. The van der Waals surface area contributed by atoms with Crippen molar-refractivity contribution in [2.24, 2.45) is 0 Å². The van der Waals surface area contributed by atoms with Crippen molar-refractivity contribution >= 4 is 17.2 Å². The summed E-state index contributed by atoms with van der Waals surface area (Å²) in [4.78, 5) is 13.4. The van der Waals surface area contributed by atoms with Gasteiger partial charge in [0.2, 0.25) is 0 Å². The van der Waals surface area contributed by atoms with E-state index >= 15 is 0 Å². The standard InChI is InChI=1S/C17H23N5O/c1-12-15(8-14(18-2)10-19-12)13-7-16(22-5-6-23-11-22)17(20-9-13)21(3)4/h7-10,18H,5-6,11H2,1-4H3. The summed E-state index contributed by atoms with van der Waals surface area (Å²) in [6.07, 6.45) is 3.76. The fraction of sp³-hybridized carbons (Fsp3) is 0.412. The predicted octanol–water partition coefficient (Wildman–Crippen LogP) is 2.35. The monoisotopic (exact) mass is 313 g/mol. The van der Waals surface area contributed by atoms with Gasteiger partial charge in [0.1, 0.15) is 6.73 Å². The number of rotatable bonds is 4. The first-order chi connectivity index (χ1) is 11.1. The Hall–Kier alpha value is -2.34. The fourth-order valence-corrected chi connectivity index (χ4v) is 2.74. The lowest BCUT2D eigenvalue weighted by Crippen LogP contribution is -2.23. The van der Waals surface area contributed by atoms with Gasteiger partial charge in [-0.25, -0.2) is 4.98 Å². The number of hydrogen-bond acceptors (Lipinski definition) is 6. The van der Waals surface area contributed by atoms with Crippen molar-refractivity contribution in [2.45, 2.75) is 6.92 Å². The summed E-state index contributed by atoms with van der Waals surface area (Å²) < 4.78 is 5.51. The van der Waals surface area contributed by atoms with Gasteiger partial charge in [-0.1, -0.05) is 0 Å². The average molecular weight is 313 g/mol. The second-order valence-corrected chi connectivity index (χ2v) is 5.87. The average Bonchev–Trinajstić information content (AvgIpc) is 3.09. The molecule has 23 heavy (non-hydrogen) atoms. The normalized spacial score (nSPS) is 14.2. The number of aryl methyl sites for hydroxylation is 1. The molecule has 6 nitrogen and oxygen atoms in total. The number of aromatic nitrogens is 2. The van der Waals surface area contributed by atoms with Crippen LogP contribution in [0.15, 0.2) is 24.5 Å². The maximum atomic E-state index is 5.51. The maximum Gasteiger partial charge on any atom is 0.151 e. The Morgan fingerprint density at radius 1 is 1.22 bits per heavy atom. The van der Waals surface area contributed by atoms with Crippen molar-refractivity contribution in [3.05, 3.63) is 30.2 Å². The third-order valence-electron chi connectivity index (χ3n) is 4.05. The SMILES string of the molecule is CNc1cnc(C)c(-c2cnc(N(C)C)c(N3CCOC3)c2)c1. The van der Waals surface area contributed by atoms with Crippen LogP contribution in [0.25, 0.3) is 11.1 Å². The van der Waals surface area contributed by atoms with Crippen molar-refractivity contribution in [3.63, 3.8) is 0 Å². The highest BCUT2D eigenvalue weighted by molar-refractivity contribution is 5.77. The Kier molecular flexibility index (Phi) is 4.34. The number of pyridine rings is 2. The molecule has 6 heteroatoms. The Morgan fingerprint density at radius 2 is 2.04 bits per heavy atom. The summed E-state index contributed by atoms with van der Waals surface area (Å²) in [5.74, 6) is 0.953. The van der Waals surface area contributed by atoms with Crippen LogP contribution in [0, 0.1) is 6.92 Å². The van der Waals surface area contributed by atoms with Crippen LogP contribution in [-0.2, 0) is 4.74 Å². The number of nitrogens with one attached hydrogen (secondary N) is 1. The minimum atomic E-state index is 0.611. The minimum Gasteiger partial charge on any atom is -0.387 e. The van der Waals surface area contributed by atoms with Crippen LogP contribution in [-0.4, -0.2) is 51.0 Å². The molecule has 1 fully saturated rings. The highest BCUT2D eigenvalue weighted by atomic mass is 16.5. The van der Waals surface area contributed by atoms with Crippen molar-refractivity contribution < 1.29 is 4.74 Å². The topological polar surface area (TPSA) is 53.5 Å². The van der Waals surface area contributed by atoms with Gasteiger partial charge in [0.05, 0.1) is 24.2 Å². The van der Waals surface area contributed by atoms with Gasteiger partial charge in [0, 0.05) is 50.7 Å². The van der Waals surface area contributed by atoms with E-state index in [0.717, 1.165) is 47.2 Å². The molecule has 1 saturated heterocycles. The van der Waals surface area contributed by atoms with Gasteiger partial charge >= 0.3 is 0 Å². The van der Waals surface area contributed by atoms with Crippen molar-refractivity contribution in [1.82, 2.24) is 9.97 Å². The predicted molar refractivity (Wildman–Crippen MR) is 94.2 cm³/mol. The third-order valence-corrected chi connectivity index (χ3v) is 4.05. The van der Waals surface area contributed by atoms with Crippen LogP contribution in [0.5, 0.6) is 0 Å². The molecule has 0 spiro atoms. The molecule has 0 radical (unpaired) electrons. The van der Waals surface area contributed by atoms with E-state index in [1.54, 1.807) is 0 Å². The molecule has 122 valence electrons. The zero-order valence-corrected chi connectivity index (χ0v) is 14.1. The van der Waals surface area contributed by atoms with Gasteiger partial charge < -0.3 is 19.9 Å². The Balaban J connectivity index is 2.08. The van der Waals surface area contributed by atoms with E-state index in [1.807, 2.05) is 45.4 Å². The highest BCUT2D eigenvalue weighted by Crippen LogP contribution is 2.33. The van der Waals surface area contributed by atoms with Crippen molar-refractivity contribution in [1.29, 1.82) is 0 Å². The van der Waals surface area contributed by atoms with E-state index in [0.29, 0.717) is 6.73 Å². The maximum absolute atomic E-state index is 5.51. The first-order valence-corrected chi connectivity index (χ1v) is 7.75. The molecule has 0 aromatic carbocycles. The van der Waals surface area contributed by atoms with Gasteiger partial charge in [-0.3, -0.25) is 4.98 Å². The van der Waals surface area contributed by atoms with E-state index in [2.05, 4.69) is 32.3 Å². The molecule has 2 aromatic heterocycles. The quantitative estimate of drug-likeness (QED) is 0.935. The molecular weight excluding hydrogens is 290 g/mol. The van der Waals surface area contributed by atoms with Crippen LogP contribution in [0.2, 0.25) is 0 Å². The van der Waals surface area contributed by atoms with Gasteiger partial charge in [0.25, 0.3) is 0 Å².